The molecule has 0 atom stereocenters. The molecule has 0 bridgehead atoms. The minimum atomic E-state index is -0.354. The third-order valence-corrected chi connectivity index (χ3v) is 2.57. The van der Waals surface area contributed by atoms with E-state index in [4.69, 9.17) is 0 Å². The molecule has 3 amide bonds. The van der Waals surface area contributed by atoms with Gasteiger partial charge in [0.15, 0.2) is 0 Å². The van der Waals surface area contributed by atoms with Crippen LogP contribution in [0.1, 0.15) is 32.1 Å². The molecule has 98 valence electrons. The van der Waals surface area contributed by atoms with Crippen molar-refractivity contribution in [3.8, 4) is 0 Å². The van der Waals surface area contributed by atoms with E-state index in [2.05, 4.69) is 12.2 Å². The van der Waals surface area contributed by atoms with Crippen molar-refractivity contribution in [1.82, 2.24) is 10.2 Å². The fourth-order valence-corrected chi connectivity index (χ4v) is 1.55. The van der Waals surface area contributed by atoms with Gasteiger partial charge in [-0.25, -0.2) is 0 Å². The SMILES string of the molecule is [CH2]CCCC[CH]NC(=O)CCN1C(=O)C=CC1=O. The summed E-state index contributed by atoms with van der Waals surface area (Å²) in [4.78, 5) is 34.9. The molecule has 0 aliphatic carbocycles. The summed E-state index contributed by atoms with van der Waals surface area (Å²) in [5, 5.41) is 2.64. The lowest BCUT2D eigenvalue weighted by atomic mass is 10.2. The topological polar surface area (TPSA) is 66.5 Å². The molecule has 2 radical (unpaired) electrons. The van der Waals surface area contributed by atoms with Gasteiger partial charge in [-0.3, -0.25) is 19.3 Å². The number of hydrogen-bond donors (Lipinski definition) is 1. The summed E-state index contributed by atoms with van der Waals surface area (Å²) in [6, 6.07) is 0. The molecule has 0 fully saturated rings. The number of hydrogen-bond acceptors (Lipinski definition) is 3. The summed E-state index contributed by atoms with van der Waals surface area (Å²) in [7, 11) is 0. The number of rotatable bonds is 8. The van der Waals surface area contributed by atoms with Crippen LogP contribution < -0.4 is 5.32 Å². The van der Waals surface area contributed by atoms with Gasteiger partial charge in [0.1, 0.15) is 0 Å². The van der Waals surface area contributed by atoms with Crippen LogP contribution in [0.25, 0.3) is 0 Å². The Morgan fingerprint density at radius 2 is 1.94 bits per heavy atom. The van der Waals surface area contributed by atoms with Crippen molar-refractivity contribution in [2.24, 2.45) is 0 Å². The molecule has 5 nitrogen and oxygen atoms in total. The predicted molar refractivity (Wildman–Crippen MR) is 66.7 cm³/mol. The normalized spacial score (nSPS) is 14.4. The molecular weight excluding hydrogens is 232 g/mol. The molecule has 0 saturated heterocycles. The molecule has 0 spiro atoms. The summed E-state index contributed by atoms with van der Waals surface area (Å²) < 4.78 is 0. The number of unbranched alkanes of at least 4 members (excludes halogenated alkanes) is 3. The highest BCUT2D eigenvalue weighted by molar-refractivity contribution is 6.13. The summed E-state index contributed by atoms with van der Waals surface area (Å²) in [5.41, 5.74) is 0. The van der Waals surface area contributed by atoms with Crippen molar-refractivity contribution in [2.45, 2.75) is 32.1 Å². The number of carbonyl (C=O) groups is 3. The molecule has 1 rings (SSSR count). The van der Waals surface area contributed by atoms with Gasteiger partial charge in [-0.05, 0) is 6.42 Å². The van der Waals surface area contributed by atoms with E-state index in [9.17, 15) is 14.4 Å². The summed E-state index contributed by atoms with van der Waals surface area (Å²) >= 11 is 0. The lowest BCUT2D eigenvalue weighted by Gasteiger charge is -2.13. The Morgan fingerprint density at radius 1 is 1.28 bits per heavy atom. The highest BCUT2D eigenvalue weighted by Gasteiger charge is 2.23. The quantitative estimate of drug-likeness (QED) is 0.515. The van der Waals surface area contributed by atoms with Crippen molar-refractivity contribution in [2.75, 3.05) is 6.54 Å². The Balaban J connectivity index is 2.10. The van der Waals surface area contributed by atoms with Gasteiger partial charge in [0.25, 0.3) is 11.8 Å². The maximum absolute atomic E-state index is 11.4. The van der Waals surface area contributed by atoms with Crippen LogP contribution in [-0.2, 0) is 14.4 Å². The third kappa shape index (κ3) is 4.69. The average molecular weight is 250 g/mol. The number of carbonyl (C=O) groups excluding carboxylic acids is 3. The van der Waals surface area contributed by atoms with Gasteiger partial charge in [-0.15, -0.1) is 0 Å². The first kappa shape index (κ1) is 14.4. The van der Waals surface area contributed by atoms with Crippen LogP contribution in [-0.4, -0.2) is 29.2 Å². The highest BCUT2D eigenvalue weighted by atomic mass is 16.2. The second kappa shape index (κ2) is 7.63. The first-order valence-electron chi connectivity index (χ1n) is 6.09. The summed E-state index contributed by atoms with van der Waals surface area (Å²) in [6.07, 6.45) is 6.30. The lowest BCUT2D eigenvalue weighted by molar-refractivity contribution is -0.137. The third-order valence-electron chi connectivity index (χ3n) is 2.57. The Kier molecular flexibility index (Phi) is 6.11. The van der Waals surface area contributed by atoms with E-state index >= 15 is 0 Å². The fourth-order valence-electron chi connectivity index (χ4n) is 1.55. The zero-order valence-corrected chi connectivity index (χ0v) is 10.4. The van der Waals surface area contributed by atoms with Gasteiger partial charge < -0.3 is 5.32 Å². The van der Waals surface area contributed by atoms with Crippen LogP contribution in [0.2, 0.25) is 0 Å². The van der Waals surface area contributed by atoms with Crippen LogP contribution in [0, 0.1) is 13.5 Å². The molecule has 1 aliphatic heterocycles. The van der Waals surface area contributed by atoms with Crippen LogP contribution in [0.3, 0.4) is 0 Å². The maximum Gasteiger partial charge on any atom is 0.253 e. The zero-order valence-electron chi connectivity index (χ0n) is 10.4. The highest BCUT2D eigenvalue weighted by Crippen LogP contribution is 2.04. The maximum atomic E-state index is 11.4. The van der Waals surface area contributed by atoms with Crippen molar-refractivity contribution in [1.29, 1.82) is 0 Å². The first-order valence-corrected chi connectivity index (χ1v) is 6.09. The lowest BCUT2D eigenvalue weighted by Crippen LogP contribution is -2.34. The van der Waals surface area contributed by atoms with Crippen LogP contribution in [0.15, 0.2) is 12.2 Å². The fraction of sp³-hybridized carbons (Fsp3) is 0.462. The molecule has 1 N–H and O–H groups in total. The number of imide groups is 1. The second-order valence-electron chi connectivity index (χ2n) is 4.03. The zero-order chi connectivity index (χ0) is 13.4. The Hall–Kier alpha value is -1.65. The van der Waals surface area contributed by atoms with E-state index in [0.717, 1.165) is 30.6 Å². The molecule has 0 aromatic rings. The van der Waals surface area contributed by atoms with E-state index in [1.807, 2.05) is 0 Å². The smallest absolute Gasteiger partial charge is 0.253 e. The van der Waals surface area contributed by atoms with Gasteiger partial charge >= 0.3 is 0 Å². The van der Waals surface area contributed by atoms with Gasteiger partial charge in [0.2, 0.25) is 5.91 Å². The standard InChI is InChI=1S/C13H18N2O3/c1-2-3-4-5-9-14-11(16)8-10-15-12(17)6-7-13(15)18/h6-7,9H,1-5,8,10H2,(H,14,16). The Morgan fingerprint density at radius 3 is 2.56 bits per heavy atom. The Labute approximate surface area is 107 Å². The molecule has 0 aromatic heterocycles. The number of amides is 3. The van der Waals surface area contributed by atoms with Crippen molar-refractivity contribution < 1.29 is 14.4 Å². The van der Waals surface area contributed by atoms with Crippen molar-refractivity contribution in [3.05, 3.63) is 25.6 Å². The largest absolute Gasteiger partial charge is 0.351 e. The Bertz CT molecular complexity index is 332. The molecule has 0 saturated carbocycles. The predicted octanol–water partition coefficient (Wildman–Crippen LogP) is 0.974. The molecule has 0 aromatic carbocycles. The molecule has 5 heteroatoms. The van der Waals surface area contributed by atoms with Crippen LogP contribution in [0.5, 0.6) is 0 Å². The summed E-state index contributed by atoms with van der Waals surface area (Å²) in [5.74, 6) is -0.892. The second-order valence-corrected chi connectivity index (χ2v) is 4.03. The molecule has 1 heterocycles. The number of nitrogens with one attached hydrogen (secondary N) is 1. The van der Waals surface area contributed by atoms with E-state index in [-0.39, 0.29) is 30.7 Å². The van der Waals surface area contributed by atoms with Crippen molar-refractivity contribution in [3.63, 3.8) is 0 Å². The first-order chi connectivity index (χ1) is 8.65. The van der Waals surface area contributed by atoms with Crippen LogP contribution >= 0.6 is 0 Å². The molecule has 1 aliphatic rings. The van der Waals surface area contributed by atoms with Gasteiger partial charge in [-0.1, -0.05) is 26.2 Å². The molecule has 18 heavy (non-hydrogen) atoms. The van der Waals surface area contributed by atoms with E-state index in [1.165, 1.54) is 12.2 Å². The van der Waals surface area contributed by atoms with Crippen molar-refractivity contribution >= 4 is 17.7 Å². The summed E-state index contributed by atoms with van der Waals surface area (Å²) in [6.45, 7) is 5.57. The minimum Gasteiger partial charge on any atom is -0.351 e. The van der Waals surface area contributed by atoms with E-state index < -0.39 is 0 Å². The monoisotopic (exact) mass is 250 g/mol. The molecule has 0 unspecified atom stereocenters. The van der Waals surface area contributed by atoms with Crippen LogP contribution in [0.4, 0.5) is 0 Å². The molecular formula is C13H18N2O3. The minimum absolute atomic E-state index is 0.128. The number of nitrogens with zero attached hydrogens (tertiary/aromatic N) is 1. The van der Waals surface area contributed by atoms with E-state index in [0.29, 0.717) is 0 Å². The average Bonchev–Trinajstić information content (AvgIpc) is 2.66. The van der Waals surface area contributed by atoms with Gasteiger partial charge in [0, 0.05) is 31.7 Å². The van der Waals surface area contributed by atoms with Gasteiger partial charge in [-0.2, -0.15) is 0 Å². The van der Waals surface area contributed by atoms with E-state index in [1.54, 1.807) is 6.54 Å². The van der Waals surface area contributed by atoms with Gasteiger partial charge in [0.05, 0.1) is 0 Å².